The molecule has 1 N–H and O–H groups in total. The molecule has 0 bridgehead atoms. The van der Waals surface area contributed by atoms with Crippen molar-refractivity contribution in [1.82, 2.24) is 4.57 Å². The van der Waals surface area contributed by atoms with Gasteiger partial charge in [0.05, 0.1) is 35.0 Å². The van der Waals surface area contributed by atoms with E-state index in [1.54, 1.807) is 39.1 Å². The van der Waals surface area contributed by atoms with Gasteiger partial charge >= 0.3 is 0 Å². The van der Waals surface area contributed by atoms with Crippen molar-refractivity contribution >= 4 is 5.69 Å². The second kappa shape index (κ2) is 9.93. The van der Waals surface area contributed by atoms with Gasteiger partial charge in [-0.15, -0.1) is 0 Å². The summed E-state index contributed by atoms with van der Waals surface area (Å²) in [6, 6.07) is 14.9. The first-order valence-corrected chi connectivity index (χ1v) is 9.87. The minimum atomic E-state index is -0.106. The summed E-state index contributed by atoms with van der Waals surface area (Å²) in [5.74, 6) is 2.60. The highest BCUT2D eigenvalue weighted by atomic mass is 16.5. The number of para-hydroxylation sites is 2. The third kappa shape index (κ3) is 4.77. The van der Waals surface area contributed by atoms with E-state index in [0.717, 1.165) is 22.5 Å². The van der Waals surface area contributed by atoms with E-state index in [4.69, 9.17) is 18.9 Å². The van der Waals surface area contributed by atoms with Crippen molar-refractivity contribution in [3.05, 3.63) is 75.7 Å². The molecule has 0 saturated heterocycles. The van der Waals surface area contributed by atoms with Crippen LogP contribution >= 0.6 is 0 Å². The van der Waals surface area contributed by atoms with E-state index < -0.39 is 0 Å². The fraction of sp³-hybridized carbons (Fsp3) is 0.292. The Balaban J connectivity index is 1.83. The lowest BCUT2D eigenvalue weighted by Gasteiger charge is -2.17. The number of ether oxygens (including phenoxy) is 4. The summed E-state index contributed by atoms with van der Waals surface area (Å²) >= 11 is 0. The molecule has 2 aromatic carbocycles. The molecule has 1 heterocycles. The van der Waals surface area contributed by atoms with Gasteiger partial charge in [0, 0.05) is 35.1 Å². The van der Waals surface area contributed by atoms with Crippen LogP contribution in [0.3, 0.4) is 0 Å². The number of rotatable bonds is 9. The summed E-state index contributed by atoms with van der Waals surface area (Å²) in [5.41, 5.74) is 3.27. The predicted octanol–water partition coefficient (Wildman–Crippen LogP) is 3.85. The summed E-state index contributed by atoms with van der Waals surface area (Å²) in [7, 11) is 6.41. The number of pyridine rings is 1. The molecule has 0 atom stereocenters. The number of nitrogens with zero attached hydrogens (tertiary/aromatic N) is 1. The fourth-order valence-corrected chi connectivity index (χ4v) is 3.57. The number of benzene rings is 2. The Morgan fingerprint density at radius 2 is 1.39 bits per heavy atom. The third-order valence-electron chi connectivity index (χ3n) is 5.12. The largest absolute Gasteiger partial charge is 0.493 e. The average molecular weight is 424 g/mol. The van der Waals surface area contributed by atoms with Crippen LogP contribution in [0.15, 0.2) is 53.3 Å². The van der Waals surface area contributed by atoms with Gasteiger partial charge in [0.25, 0.3) is 5.56 Å². The Labute approximate surface area is 182 Å². The van der Waals surface area contributed by atoms with Crippen LogP contribution < -0.4 is 29.8 Å². The van der Waals surface area contributed by atoms with Gasteiger partial charge in [-0.1, -0.05) is 24.3 Å². The van der Waals surface area contributed by atoms with Gasteiger partial charge in [-0.25, -0.2) is 0 Å². The molecule has 0 saturated carbocycles. The molecule has 0 unspecified atom stereocenters. The number of hydrogen-bond acceptors (Lipinski definition) is 6. The first kappa shape index (κ1) is 22.1. The number of nitrogens with one attached hydrogen (secondary N) is 1. The maximum Gasteiger partial charge on any atom is 0.253 e. The monoisotopic (exact) mass is 424 g/mol. The Morgan fingerprint density at radius 3 is 1.94 bits per heavy atom. The van der Waals surface area contributed by atoms with E-state index >= 15 is 0 Å². The highest BCUT2D eigenvalue weighted by Gasteiger charge is 2.13. The molecule has 0 radical (unpaired) electrons. The van der Waals surface area contributed by atoms with Crippen LogP contribution in [0.5, 0.6) is 23.0 Å². The Hall–Kier alpha value is -3.61. The quantitative estimate of drug-likeness (QED) is 0.563. The number of aryl methyl sites for hydroxylation is 1. The van der Waals surface area contributed by atoms with E-state index in [0.29, 0.717) is 36.1 Å². The van der Waals surface area contributed by atoms with Crippen LogP contribution in [0.1, 0.15) is 16.8 Å². The fourth-order valence-electron chi connectivity index (χ4n) is 3.57. The number of aromatic nitrogens is 1. The lowest BCUT2D eigenvalue weighted by atomic mass is 10.1. The van der Waals surface area contributed by atoms with Crippen molar-refractivity contribution in [2.24, 2.45) is 0 Å². The van der Waals surface area contributed by atoms with Crippen molar-refractivity contribution in [2.75, 3.05) is 33.8 Å². The van der Waals surface area contributed by atoms with E-state index in [-0.39, 0.29) is 5.56 Å². The molecule has 7 nitrogen and oxygen atoms in total. The van der Waals surface area contributed by atoms with Crippen molar-refractivity contribution in [2.45, 2.75) is 20.0 Å². The minimum absolute atomic E-state index is 0.106. The van der Waals surface area contributed by atoms with Crippen LogP contribution in [0.25, 0.3) is 0 Å². The van der Waals surface area contributed by atoms with Gasteiger partial charge in [-0.05, 0) is 25.1 Å². The highest BCUT2D eigenvalue weighted by Crippen LogP contribution is 2.32. The lowest BCUT2D eigenvalue weighted by Crippen LogP contribution is -2.23. The van der Waals surface area contributed by atoms with Crippen molar-refractivity contribution < 1.29 is 18.9 Å². The molecule has 0 aliphatic heterocycles. The van der Waals surface area contributed by atoms with Gasteiger partial charge in [0.15, 0.2) is 23.0 Å². The second-order valence-corrected chi connectivity index (χ2v) is 6.97. The molecule has 164 valence electrons. The molecule has 0 aliphatic rings. The predicted molar refractivity (Wildman–Crippen MR) is 121 cm³/mol. The molecule has 31 heavy (non-hydrogen) atoms. The zero-order valence-corrected chi connectivity index (χ0v) is 18.5. The second-order valence-electron chi connectivity index (χ2n) is 6.97. The van der Waals surface area contributed by atoms with Gasteiger partial charge in [0.1, 0.15) is 0 Å². The Bertz CT molecular complexity index is 1110. The summed E-state index contributed by atoms with van der Waals surface area (Å²) in [5, 5.41) is 3.31. The smallest absolute Gasteiger partial charge is 0.253 e. The first-order chi connectivity index (χ1) is 15.0. The van der Waals surface area contributed by atoms with Crippen LogP contribution in [-0.2, 0) is 13.1 Å². The molecule has 0 spiro atoms. The van der Waals surface area contributed by atoms with E-state index in [1.165, 1.54) is 0 Å². The summed E-state index contributed by atoms with van der Waals surface area (Å²) in [4.78, 5) is 12.9. The van der Waals surface area contributed by atoms with E-state index in [9.17, 15) is 4.79 Å². The Morgan fingerprint density at radius 1 is 0.806 bits per heavy atom. The standard InChI is InChI=1S/C24H28N2O5/c1-16-12-19(25-14-17-8-6-10-20(28-2)23(17)30-4)13-22(27)26(16)15-18-9-7-11-21(29-3)24(18)31-5/h6-13,25H,14-15H2,1-5H3. The molecular formula is C24H28N2O5. The van der Waals surface area contributed by atoms with Crippen LogP contribution in [0.4, 0.5) is 5.69 Å². The van der Waals surface area contributed by atoms with Gasteiger partial charge < -0.3 is 28.8 Å². The molecule has 3 aromatic rings. The molecule has 0 fully saturated rings. The van der Waals surface area contributed by atoms with Gasteiger partial charge in [-0.3, -0.25) is 4.79 Å². The maximum atomic E-state index is 12.9. The number of hydrogen-bond donors (Lipinski definition) is 1. The first-order valence-electron chi connectivity index (χ1n) is 9.87. The zero-order chi connectivity index (χ0) is 22.4. The average Bonchev–Trinajstić information content (AvgIpc) is 2.79. The minimum Gasteiger partial charge on any atom is -0.493 e. The molecule has 3 rings (SSSR count). The SMILES string of the molecule is COc1cccc(CNc2cc(C)n(Cc3cccc(OC)c3OC)c(=O)c2)c1OC. The molecular weight excluding hydrogens is 396 g/mol. The lowest BCUT2D eigenvalue weighted by molar-refractivity contribution is 0.351. The molecule has 0 amide bonds. The highest BCUT2D eigenvalue weighted by molar-refractivity contribution is 5.51. The summed E-state index contributed by atoms with van der Waals surface area (Å²) in [6.07, 6.45) is 0. The van der Waals surface area contributed by atoms with Crippen LogP contribution in [0.2, 0.25) is 0 Å². The summed E-state index contributed by atoms with van der Waals surface area (Å²) in [6.45, 7) is 2.79. The van der Waals surface area contributed by atoms with E-state index in [2.05, 4.69) is 5.32 Å². The normalized spacial score (nSPS) is 10.5. The van der Waals surface area contributed by atoms with Crippen LogP contribution in [0, 0.1) is 6.92 Å². The van der Waals surface area contributed by atoms with Crippen molar-refractivity contribution in [3.8, 4) is 23.0 Å². The number of methoxy groups -OCH3 is 4. The molecule has 7 heteroatoms. The number of anilines is 1. The van der Waals surface area contributed by atoms with Gasteiger partial charge in [-0.2, -0.15) is 0 Å². The maximum absolute atomic E-state index is 12.9. The third-order valence-corrected chi connectivity index (χ3v) is 5.12. The van der Waals surface area contributed by atoms with E-state index in [1.807, 2.05) is 49.4 Å². The van der Waals surface area contributed by atoms with Crippen molar-refractivity contribution in [1.29, 1.82) is 0 Å². The zero-order valence-electron chi connectivity index (χ0n) is 18.5. The molecule has 0 aliphatic carbocycles. The summed E-state index contributed by atoms with van der Waals surface area (Å²) < 4.78 is 23.4. The Kier molecular flexibility index (Phi) is 7.07. The van der Waals surface area contributed by atoms with Crippen molar-refractivity contribution in [3.63, 3.8) is 0 Å². The molecule has 1 aromatic heterocycles. The van der Waals surface area contributed by atoms with Crippen LogP contribution in [-0.4, -0.2) is 33.0 Å². The van der Waals surface area contributed by atoms with Gasteiger partial charge in [0.2, 0.25) is 0 Å². The topological polar surface area (TPSA) is 71.0 Å².